The smallest absolute Gasteiger partial charge is 0.226 e. The Morgan fingerprint density at radius 1 is 1.17 bits per heavy atom. The number of amides is 1. The lowest BCUT2D eigenvalue weighted by molar-refractivity contribution is -0.118. The molecule has 1 aliphatic heterocycles. The van der Waals surface area contributed by atoms with Crippen LogP contribution < -0.4 is 16.0 Å². The second-order valence-corrected chi connectivity index (χ2v) is 8.30. The molecule has 0 unspecified atom stereocenters. The predicted molar refractivity (Wildman–Crippen MR) is 119 cm³/mol. The Labute approximate surface area is 175 Å². The van der Waals surface area contributed by atoms with E-state index in [-0.39, 0.29) is 17.4 Å². The molecule has 1 fully saturated rings. The number of hydrogen-bond acceptors (Lipinski definition) is 4. The number of hydrogen-bond donors (Lipinski definition) is 3. The maximum absolute atomic E-state index is 11.8. The molecule has 0 aliphatic carbocycles. The first-order valence-corrected chi connectivity index (χ1v) is 10.6. The van der Waals surface area contributed by atoms with Gasteiger partial charge in [0, 0.05) is 43.3 Å². The highest BCUT2D eigenvalue weighted by molar-refractivity contribution is 5.92. The quantitative estimate of drug-likeness (QED) is 0.459. The van der Waals surface area contributed by atoms with Crippen molar-refractivity contribution in [1.29, 1.82) is 0 Å². The van der Waals surface area contributed by atoms with Crippen LogP contribution in [-0.4, -0.2) is 61.7 Å². The molecule has 0 aromatic heterocycles. The van der Waals surface area contributed by atoms with E-state index in [1.165, 1.54) is 0 Å². The van der Waals surface area contributed by atoms with Crippen LogP contribution >= 0.6 is 0 Å². The van der Waals surface area contributed by atoms with E-state index in [9.17, 15) is 4.79 Å². The Morgan fingerprint density at radius 3 is 2.41 bits per heavy atom. The van der Waals surface area contributed by atoms with Crippen LogP contribution in [0.1, 0.15) is 40.2 Å². The van der Waals surface area contributed by atoms with Crippen LogP contribution in [0.25, 0.3) is 0 Å². The van der Waals surface area contributed by atoms with Crippen molar-refractivity contribution in [3.63, 3.8) is 0 Å². The molecule has 1 heterocycles. The first kappa shape index (κ1) is 23.2. The molecule has 2 rings (SSSR count). The molecule has 1 saturated heterocycles. The number of ether oxygens (including phenoxy) is 1. The van der Waals surface area contributed by atoms with Crippen LogP contribution in [0.5, 0.6) is 0 Å². The number of rotatable bonds is 8. The zero-order valence-electron chi connectivity index (χ0n) is 18.5. The van der Waals surface area contributed by atoms with Crippen molar-refractivity contribution < 1.29 is 9.53 Å². The van der Waals surface area contributed by atoms with Gasteiger partial charge in [-0.15, -0.1) is 0 Å². The molecule has 1 aromatic rings. The van der Waals surface area contributed by atoms with Gasteiger partial charge in [0.15, 0.2) is 5.96 Å². The SMILES string of the molecule is CCNC(=NCc1ccc(NC(=O)C(C)C)cc1)NCC(C)(C)N1CCOCC1. The molecule has 29 heavy (non-hydrogen) atoms. The standard InChI is InChI=1S/C22H37N5O2/c1-6-23-21(25-16-22(4,5)27-11-13-29-14-12-27)24-15-18-7-9-19(10-8-18)26-20(28)17(2)3/h7-10,17H,6,11-16H2,1-5H3,(H,26,28)(H2,23,24,25). The first-order valence-electron chi connectivity index (χ1n) is 10.6. The molecule has 0 radical (unpaired) electrons. The van der Waals surface area contributed by atoms with E-state index < -0.39 is 0 Å². The predicted octanol–water partition coefficient (Wildman–Crippen LogP) is 2.45. The van der Waals surface area contributed by atoms with Gasteiger partial charge in [-0.25, -0.2) is 4.99 Å². The highest BCUT2D eigenvalue weighted by Gasteiger charge is 2.28. The second kappa shape index (κ2) is 11.2. The number of carbonyl (C=O) groups is 1. The van der Waals surface area contributed by atoms with Gasteiger partial charge in [-0.1, -0.05) is 26.0 Å². The van der Waals surface area contributed by atoms with Crippen LogP contribution in [0.4, 0.5) is 5.69 Å². The summed E-state index contributed by atoms with van der Waals surface area (Å²) in [7, 11) is 0. The van der Waals surface area contributed by atoms with Crippen molar-refractivity contribution in [3.8, 4) is 0 Å². The summed E-state index contributed by atoms with van der Waals surface area (Å²) in [5.41, 5.74) is 1.93. The Bertz CT molecular complexity index is 664. The third-order valence-corrected chi connectivity index (χ3v) is 5.07. The van der Waals surface area contributed by atoms with E-state index in [0.717, 1.165) is 56.6 Å². The number of nitrogens with zero attached hydrogens (tertiary/aromatic N) is 2. The molecule has 7 nitrogen and oxygen atoms in total. The van der Waals surface area contributed by atoms with Gasteiger partial charge in [-0.05, 0) is 38.5 Å². The Balaban J connectivity index is 1.91. The van der Waals surface area contributed by atoms with E-state index in [4.69, 9.17) is 9.73 Å². The maximum Gasteiger partial charge on any atom is 0.226 e. The van der Waals surface area contributed by atoms with Gasteiger partial charge in [0.05, 0.1) is 19.8 Å². The summed E-state index contributed by atoms with van der Waals surface area (Å²) >= 11 is 0. The van der Waals surface area contributed by atoms with Crippen molar-refractivity contribution in [2.45, 2.75) is 46.7 Å². The highest BCUT2D eigenvalue weighted by atomic mass is 16.5. The van der Waals surface area contributed by atoms with Crippen molar-refractivity contribution in [3.05, 3.63) is 29.8 Å². The van der Waals surface area contributed by atoms with Crippen molar-refractivity contribution >= 4 is 17.6 Å². The highest BCUT2D eigenvalue weighted by Crippen LogP contribution is 2.15. The second-order valence-electron chi connectivity index (χ2n) is 8.30. The van der Waals surface area contributed by atoms with Crippen molar-refractivity contribution in [2.24, 2.45) is 10.9 Å². The molecule has 162 valence electrons. The summed E-state index contributed by atoms with van der Waals surface area (Å²) in [6, 6.07) is 7.85. The van der Waals surface area contributed by atoms with Crippen LogP contribution in [0.15, 0.2) is 29.3 Å². The van der Waals surface area contributed by atoms with E-state index in [0.29, 0.717) is 6.54 Å². The molecule has 1 aliphatic rings. The van der Waals surface area contributed by atoms with E-state index in [2.05, 4.69) is 41.6 Å². The summed E-state index contributed by atoms with van der Waals surface area (Å²) in [5, 5.41) is 9.70. The topological polar surface area (TPSA) is 78.0 Å². The Kier molecular flexibility index (Phi) is 8.92. The minimum Gasteiger partial charge on any atom is -0.379 e. The number of benzene rings is 1. The average molecular weight is 404 g/mol. The summed E-state index contributed by atoms with van der Waals surface area (Å²) in [6.45, 7) is 16.0. The molecule has 0 spiro atoms. The molecular formula is C22H37N5O2. The zero-order valence-corrected chi connectivity index (χ0v) is 18.5. The fraction of sp³-hybridized carbons (Fsp3) is 0.636. The number of guanidine groups is 1. The fourth-order valence-corrected chi connectivity index (χ4v) is 3.07. The molecule has 1 aromatic carbocycles. The minimum absolute atomic E-state index is 0.0240. The number of aliphatic imine (C=N–C) groups is 1. The number of carbonyl (C=O) groups excluding carboxylic acids is 1. The van der Waals surface area contributed by atoms with Gasteiger partial charge in [0.1, 0.15) is 0 Å². The lowest BCUT2D eigenvalue weighted by Crippen LogP contribution is -2.56. The minimum atomic E-state index is -0.0326. The van der Waals surface area contributed by atoms with Gasteiger partial charge in [-0.3, -0.25) is 9.69 Å². The molecule has 7 heteroatoms. The van der Waals surface area contributed by atoms with Gasteiger partial charge < -0.3 is 20.7 Å². The molecule has 0 bridgehead atoms. The van der Waals surface area contributed by atoms with Gasteiger partial charge in [-0.2, -0.15) is 0 Å². The monoisotopic (exact) mass is 403 g/mol. The van der Waals surface area contributed by atoms with Gasteiger partial charge in [0.25, 0.3) is 0 Å². The number of anilines is 1. The van der Waals surface area contributed by atoms with Crippen molar-refractivity contribution in [1.82, 2.24) is 15.5 Å². The molecule has 3 N–H and O–H groups in total. The van der Waals surface area contributed by atoms with Gasteiger partial charge in [0.2, 0.25) is 5.91 Å². The lowest BCUT2D eigenvalue weighted by Gasteiger charge is -2.41. The number of nitrogens with one attached hydrogen (secondary N) is 3. The Hall–Kier alpha value is -2.12. The molecule has 0 atom stereocenters. The maximum atomic E-state index is 11.8. The average Bonchev–Trinajstić information content (AvgIpc) is 2.71. The van der Waals surface area contributed by atoms with E-state index in [1.807, 2.05) is 38.1 Å². The third kappa shape index (κ3) is 7.66. The fourth-order valence-electron chi connectivity index (χ4n) is 3.07. The largest absolute Gasteiger partial charge is 0.379 e. The van der Waals surface area contributed by atoms with Crippen LogP contribution in [0, 0.1) is 5.92 Å². The summed E-state index contributed by atoms with van der Waals surface area (Å²) in [6.07, 6.45) is 0. The van der Waals surface area contributed by atoms with Crippen LogP contribution in [-0.2, 0) is 16.1 Å². The van der Waals surface area contributed by atoms with Crippen molar-refractivity contribution in [2.75, 3.05) is 44.7 Å². The van der Waals surface area contributed by atoms with Crippen LogP contribution in [0.3, 0.4) is 0 Å². The van der Waals surface area contributed by atoms with Crippen LogP contribution in [0.2, 0.25) is 0 Å². The van der Waals surface area contributed by atoms with Gasteiger partial charge >= 0.3 is 0 Å². The summed E-state index contributed by atoms with van der Waals surface area (Å²) in [5.74, 6) is 0.804. The van der Waals surface area contributed by atoms with E-state index in [1.54, 1.807) is 0 Å². The normalized spacial score (nSPS) is 16.0. The number of morpholine rings is 1. The zero-order chi connectivity index (χ0) is 21.3. The summed E-state index contributed by atoms with van der Waals surface area (Å²) in [4.78, 5) is 19.0. The molecular weight excluding hydrogens is 366 g/mol. The summed E-state index contributed by atoms with van der Waals surface area (Å²) < 4.78 is 5.47. The third-order valence-electron chi connectivity index (χ3n) is 5.07. The molecule has 1 amide bonds. The molecule has 0 saturated carbocycles. The lowest BCUT2D eigenvalue weighted by atomic mass is 10.0. The Morgan fingerprint density at radius 2 is 1.83 bits per heavy atom. The first-order chi connectivity index (χ1) is 13.8. The van der Waals surface area contributed by atoms with E-state index >= 15 is 0 Å².